The number of aryl methyl sites for hydroxylation is 1. The van der Waals surface area contributed by atoms with E-state index in [1.54, 1.807) is 0 Å². The molecule has 28 heavy (non-hydrogen) atoms. The Hall–Kier alpha value is -2.79. The topological polar surface area (TPSA) is 59.0 Å². The molecule has 0 aliphatic heterocycles. The molecule has 3 aromatic rings. The molecule has 6 heteroatoms. The molecule has 2 N–H and O–H groups in total. The Morgan fingerprint density at radius 2 is 1.79 bits per heavy atom. The third-order valence-corrected chi connectivity index (χ3v) is 5.10. The summed E-state index contributed by atoms with van der Waals surface area (Å²) in [5.74, 6) is 0. The molecule has 2 amide bonds. The summed E-state index contributed by atoms with van der Waals surface area (Å²) >= 11 is 5.91. The molecule has 0 fully saturated rings. The summed E-state index contributed by atoms with van der Waals surface area (Å²) in [5.41, 5.74) is 5.24. The molecule has 1 atom stereocenters. The molecule has 1 heterocycles. The van der Waals surface area contributed by atoms with E-state index in [1.807, 2.05) is 67.9 Å². The largest absolute Gasteiger partial charge is 0.334 e. The van der Waals surface area contributed by atoms with E-state index in [0.717, 1.165) is 22.5 Å². The maximum absolute atomic E-state index is 12.3. The fourth-order valence-electron chi connectivity index (χ4n) is 3.15. The number of carbonyl (C=O) groups is 1. The number of hydrogen-bond donors (Lipinski definition) is 2. The number of rotatable bonds is 6. The second-order valence-corrected chi connectivity index (χ2v) is 7.33. The van der Waals surface area contributed by atoms with E-state index in [-0.39, 0.29) is 12.1 Å². The summed E-state index contributed by atoms with van der Waals surface area (Å²) < 4.78 is 1.98. The maximum Gasteiger partial charge on any atom is 0.315 e. The molecular weight excluding hydrogens is 372 g/mol. The van der Waals surface area contributed by atoms with Crippen LogP contribution in [0.1, 0.15) is 41.0 Å². The monoisotopic (exact) mass is 396 g/mol. The average molecular weight is 397 g/mol. The fourth-order valence-corrected chi connectivity index (χ4v) is 3.28. The summed E-state index contributed by atoms with van der Waals surface area (Å²) in [7, 11) is 0. The van der Waals surface area contributed by atoms with Crippen LogP contribution in [0.4, 0.5) is 4.79 Å². The molecule has 5 nitrogen and oxygen atoms in total. The van der Waals surface area contributed by atoms with E-state index in [1.165, 1.54) is 5.56 Å². The smallest absolute Gasteiger partial charge is 0.315 e. The lowest BCUT2D eigenvalue weighted by atomic mass is 10.1. The second-order valence-electron chi connectivity index (χ2n) is 6.89. The number of urea groups is 1. The molecule has 0 aliphatic carbocycles. The normalized spacial score (nSPS) is 11.9. The Labute approximate surface area is 170 Å². The van der Waals surface area contributed by atoms with Crippen molar-refractivity contribution < 1.29 is 4.79 Å². The summed E-state index contributed by atoms with van der Waals surface area (Å²) in [6.45, 7) is 7.10. The van der Waals surface area contributed by atoms with Crippen molar-refractivity contribution in [3.63, 3.8) is 0 Å². The minimum Gasteiger partial charge on any atom is -0.334 e. The van der Waals surface area contributed by atoms with Crippen LogP contribution >= 0.6 is 11.6 Å². The van der Waals surface area contributed by atoms with Gasteiger partial charge in [0.15, 0.2) is 0 Å². The number of aromatic nitrogens is 2. The summed E-state index contributed by atoms with van der Waals surface area (Å²) in [4.78, 5) is 12.3. The molecule has 0 unspecified atom stereocenters. The maximum atomic E-state index is 12.3. The number of carbonyl (C=O) groups excluding carboxylic acids is 1. The van der Waals surface area contributed by atoms with Crippen LogP contribution in [-0.4, -0.2) is 15.8 Å². The predicted molar refractivity (Wildman–Crippen MR) is 112 cm³/mol. The van der Waals surface area contributed by atoms with Crippen LogP contribution in [0.2, 0.25) is 5.02 Å². The second kappa shape index (κ2) is 8.93. The number of nitrogens with zero attached hydrogens (tertiary/aromatic N) is 2. The van der Waals surface area contributed by atoms with Gasteiger partial charge in [-0.2, -0.15) is 5.10 Å². The molecule has 0 saturated heterocycles. The molecule has 0 bridgehead atoms. The van der Waals surface area contributed by atoms with Crippen molar-refractivity contribution in [2.75, 3.05) is 0 Å². The molecule has 2 aromatic carbocycles. The highest BCUT2D eigenvalue weighted by Gasteiger charge is 2.14. The highest BCUT2D eigenvalue weighted by molar-refractivity contribution is 6.30. The minimum absolute atomic E-state index is 0.111. The first-order valence-corrected chi connectivity index (χ1v) is 9.68. The molecule has 3 rings (SSSR count). The van der Waals surface area contributed by atoms with Crippen LogP contribution in [0.5, 0.6) is 0 Å². The zero-order valence-corrected chi connectivity index (χ0v) is 17.1. The minimum atomic E-state index is -0.211. The van der Waals surface area contributed by atoms with E-state index in [2.05, 4.69) is 27.9 Å². The van der Waals surface area contributed by atoms with Crippen LogP contribution < -0.4 is 10.6 Å². The Morgan fingerprint density at radius 1 is 1.11 bits per heavy atom. The molecule has 0 radical (unpaired) electrons. The first-order chi connectivity index (χ1) is 13.4. The van der Waals surface area contributed by atoms with Crippen LogP contribution in [0.3, 0.4) is 0 Å². The van der Waals surface area contributed by atoms with Crippen LogP contribution in [-0.2, 0) is 13.1 Å². The lowest BCUT2D eigenvalue weighted by Gasteiger charge is -2.15. The Bertz CT molecular complexity index is 935. The van der Waals surface area contributed by atoms with Gasteiger partial charge in [-0.15, -0.1) is 0 Å². The van der Waals surface area contributed by atoms with Crippen molar-refractivity contribution in [3.8, 4) is 0 Å². The van der Waals surface area contributed by atoms with Crippen molar-refractivity contribution in [3.05, 3.63) is 87.7 Å². The van der Waals surface area contributed by atoms with Gasteiger partial charge in [-0.1, -0.05) is 54.1 Å². The molecule has 0 aliphatic rings. The number of hydrogen-bond acceptors (Lipinski definition) is 2. The van der Waals surface area contributed by atoms with Gasteiger partial charge in [0.05, 0.1) is 18.3 Å². The van der Waals surface area contributed by atoms with E-state index < -0.39 is 0 Å². The van der Waals surface area contributed by atoms with Gasteiger partial charge in [0.25, 0.3) is 0 Å². The third kappa shape index (κ3) is 4.93. The van der Waals surface area contributed by atoms with E-state index in [9.17, 15) is 4.79 Å². The third-order valence-electron chi connectivity index (χ3n) is 4.85. The summed E-state index contributed by atoms with van der Waals surface area (Å²) in [6, 6.07) is 17.4. The van der Waals surface area contributed by atoms with E-state index in [0.29, 0.717) is 18.1 Å². The number of nitrogens with one attached hydrogen (secondary N) is 2. The average Bonchev–Trinajstić information content (AvgIpc) is 2.94. The number of amides is 2. The molecular formula is C22H25ClN4O. The zero-order chi connectivity index (χ0) is 20.1. The number of halogens is 1. The molecule has 146 valence electrons. The molecule has 0 saturated carbocycles. The summed E-state index contributed by atoms with van der Waals surface area (Å²) in [5, 5.41) is 11.2. The van der Waals surface area contributed by atoms with Crippen molar-refractivity contribution >= 4 is 17.6 Å². The quantitative estimate of drug-likeness (QED) is 0.631. The van der Waals surface area contributed by atoms with Crippen LogP contribution in [0, 0.1) is 13.8 Å². The van der Waals surface area contributed by atoms with Crippen LogP contribution in [0.15, 0.2) is 54.6 Å². The fraction of sp³-hybridized carbons (Fsp3) is 0.273. The van der Waals surface area contributed by atoms with Crippen molar-refractivity contribution in [2.24, 2.45) is 0 Å². The van der Waals surface area contributed by atoms with E-state index >= 15 is 0 Å². The standard InChI is InChI=1S/C22H25ClN4O/c1-15(19-9-11-20(23)12-10-19)25-22(28)24-13-21-16(2)26-27(17(21)3)14-18-7-5-4-6-8-18/h4-12,15H,13-14H2,1-3H3,(H2,24,25,28)/t15-/m0/s1. The van der Waals surface area contributed by atoms with Gasteiger partial charge < -0.3 is 10.6 Å². The van der Waals surface area contributed by atoms with Gasteiger partial charge in [-0.25, -0.2) is 4.79 Å². The van der Waals surface area contributed by atoms with Crippen molar-refractivity contribution in [1.82, 2.24) is 20.4 Å². The molecule has 1 aromatic heterocycles. The van der Waals surface area contributed by atoms with Gasteiger partial charge in [0, 0.05) is 22.8 Å². The van der Waals surface area contributed by atoms with Crippen molar-refractivity contribution in [2.45, 2.75) is 39.9 Å². The first kappa shape index (κ1) is 20.0. The SMILES string of the molecule is Cc1nn(Cc2ccccc2)c(C)c1CNC(=O)N[C@@H](C)c1ccc(Cl)cc1. The summed E-state index contributed by atoms with van der Waals surface area (Å²) in [6.07, 6.45) is 0. The van der Waals surface area contributed by atoms with Gasteiger partial charge in [0.2, 0.25) is 0 Å². The first-order valence-electron chi connectivity index (χ1n) is 9.30. The van der Waals surface area contributed by atoms with Crippen LogP contribution in [0.25, 0.3) is 0 Å². The lowest BCUT2D eigenvalue weighted by Crippen LogP contribution is -2.36. The Balaban J connectivity index is 1.59. The van der Waals surface area contributed by atoms with E-state index in [4.69, 9.17) is 11.6 Å². The van der Waals surface area contributed by atoms with Gasteiger partial charge in [0.1, 0.15) is 0 Å². The number of benzene rings is 2. The van der Waals surface area contributed by atoms with Crippen molar-refractivity contribution in [1.29, 1.82) is 0 Å². The Kier molecular flexibility index (Phi) is 6.37. The van der Waals surface area contributed by atoms with Gasteiger partial charge in [-0.05, 0) is 44.0 Å². The highest BCUT2D eigenvalue weighted by Crippen LogP contribution is 2.17. The Morgan fingerprint density at radius 3 is 2.46 bits per heavy atom. The zero-order valence-electron chi connectivity index (χ0n) is 16.4. The van der Waals surface area contributed by atoms with Gasteiger partial charge >= 0.3 is 6.03 Å². The highest BCUT2D eigenvalue weighted by atomic mass is 35.5. The molecule has 0 spiro atoms. The predicted octanol–water partition coefficient (Wildman–Crippen LogP) is 4.76. The lowest BCUT2D eigenvalue weighted by molar-refractivity contribution is 0.237. The van der Waals surface area contributed by atoms with Gasteiger partial charge in [-0.3, -0.25) is 4.68 Å².